The zero-order chi connectivity index (χ0) is 20.8. The number of ether oxygens (including phenoxy) is 2. The number of nitro groups is 1. The summed E-state index contributed by atoms with van der Waals surface area (Å²) >= 11 is 0. The molecule has 0 radical (unpaired) electrons. The smallest absolute Gasteiger partial charge is 0.308 e. The number of hydrogen-bond acceptors (Lipinski definition) is 6. The highest BCUT2D eigenvalue weighted by molar-refractivity contribution is 5.90. The summed E-state index contributed by atoms with van der Waals surface area (Å²) in [4.78, 5) is 35.4. The number of allylic oxidation sites excluding steroid dienone is 2. The Balaban J connectivity index is 2.90. The van der Waals surface area contributed by atoms with Crippen LogP contribution < -0.4 is 15.0 Å². The Labute approximate surface area is 162 Å². The lowest BCUT2D eigenvalue weighted by Crippen LogP contribution is -2.25. The van der Waals surface area contributed by atoms with Crippen molar-refractivity contribution in [2.24, 2.45) is 0 Å². The monoisotopic (exact) mass is 388 g/mol. The van der Waals surface area contributed by atoms with E-state index in [9.17, 15) is 19.7 Å². The van der Waals surface area contributed by atoms with Crippen LogP contribution >= 0.6 is 0 Å². The van der Waals surface area contributed by atoms with E-state index in [2.05, 4.69) is 0 Å². The van der Waals surface area contributed by atoms with Gasteiger partial charge in [-0.3, -0.25) is 19.7 Å². The van der Waals surface area contributed by atoms with Gasteiger partial charge in [0.1, 0.15) is 0 Å². The number of rotatable bonds is 8. The number of fused-ring (bicyclic) bond motifs is 1. The standard InChI is InChI=1S/C20H24N2O6/c1-5-8-11-21-17-12-14(22(25)26)9-10-16(17)18(28-15(6-2)7-3)19(20(21)24)27-13(4)23/h6,9-10,12H,5,7-8,11H2,1-4H3. The van der Waals surface area contributed by atoms with Gasteiger partial charge in [0.05, 0.1) is 16.2 Å². The molecule has 0 fully saturated rings. The summed E-state index contributed by atoms with van der Waals surface area (Å²) < 4.78 is 12.5. The number of esters is 1. The maximum atomic E-state index is 13.1. The summed E-state index contributed by atoms with van der Waals surface area (Å²) in [5, 5.41) is 11.7. The van der Waals surface area contributed by atoms with Gasteiger partial charge in [-0.05, 0) is 25.5 Å². The average molecular weight is 388 g/mol. The van der Waals surface area contributed by atoms with Gasteiger partial charge in [0, 0.05) is 37.4 Å². The molecule has 0 aliphatic rings. The molecule has 0 N–H and O–H groups in total. The first-order chi connectivity index (χ1) is 13.3. The Morgan fingerprint density at radius 2 is 1.96 bits per heavy atom. The summed E-state index contributed by atoms with van der Waals surface area (Å²) in [6.07, 6.45) is 3.82. The number of nitro benzene ring substituents is 1. The molecule has 2 aromatic rings. The largest absolute Gasteiger partial charge is 0.457 e. The molecule has 150 valence electrons. The van der Waals surface area contributed by atoms with Crippen LogP contribution in [0.3, 0.4) is 0 Å². The molecule has 0 atom stereocenters. The van der Waals surface area contributed by atoms with E-state index in [1.165, 1.54) is 29.7 Å². The fraction of sp³-hybridized carbons (Fsp3) is 0.400. The highest BCUT2D eigenvalue weighted by atomic mass is 16.6. The van der Waals surface area contributed by atoms with Crippen LogP contribution in [0.4, 0.5) is 5.69 Å². The van der Waals surface area contributed by atoms with Crippen LogP contribution in [0.5, 0.6) is 11.5 Å². The average Bonchev–Trinajstić information content (AvgIpc) is 2.67. The second-order valence-electron chi connectivity index (χ2n) is 6.23. The number of aryl methyl sites for hydroxylation is 1. The molecular formula is C20H24N2O6. The summed E-state index contributed by atoms with van der Waals surface area (Å²) in [5.74, 6) is -0.187. The highest BCUT2D eigenvalue weighted by Crippen LogP contribution is 2.36. The number of pyridine rings is 1. The van der Waals surface area contributed by atoms with Crippen LogP contribution in [0.2, 0.25) is 0 Å². The Kier molecular flexibility index (Phi) is 6.92. The van der Waals surface area contributed by atoms with Gasteiger partial charge in [-0.15, -0.1) is 0 Å². The zero-order valence-corrected chi connectivity index (χ0v) is 16.5. The van der Waals surface area contributed by atoms with Gasteiger partial charge >= 0.3 is 5.97 Å². The third-order valence-corrected chi connectivity index (χ3v) is 4.26. The van der Waals surface area contributed by atoms with Gasteiger partial charge in [-0.2, -0.15) is 0 Å². The van der Waals surface area contributed by atoms with Crippen LogP contribution in [0.15, 0.2) is 34.8 Å². The Bertz CT molecular complexity index is 990. The SMILES string of the molecule is CC=C(CC)Oc1c(OC(C)=O)c(=O)n(CCCC)c2cc([N+](=O)[O-])ccc12. The van der Waals surface area contributed by atoms with Crippen molar-refractivity contribution in [1.82, 2.24) is 4.57 Å². The van der Waals surface area contributed by atoms with Crippen molar-refractivity contribution in [2.45, 2.75) is 53.5 Å². The van der Waals surface area contributed by atoms with E-state index in [4.69, 9.17) is 9.47 Å². The first kappa shape index (κ1) is 21.1. The van der Waals surface area contributed by atoms with E-state index in [1.54, 1.807) is 13.0 Å². The van der Waals surface area contributed by atoms with Gasteiger partial charge < -0.3 is 14.0 Å². The zero-order valence-electron chi connectivity index (χ0n) is 16.5. The van der Waals surface area contributed by atoms with Crippen LogP contribution in [0.1, 0.15) is 47.0 Å². The lowest BCUT2D eigenvalue weighted by atomic mass is 10.1. The van der Waals surface area contributed by atoms with Crippen molar-refractivity contribution >= 4 is 22.6 Å². The highest BCUT2D eigenvalue weighted by Gasteiger charge is 2.23. The first-order valence-corrected chi connectivity index (χ1v) is 9.20. The molecule has 0 spiro atoms. The molecule has 8 heteroatoms. The number of aromatic nitrogens is 1. The molecule has 8 nitrogen and oxygen atoms in total. The van der Waals surface area contributed by atoms with E-state index in [0.29, 0.717) is 36.0 Å². The minimum Gasteiger partial charge on any atom is -0.457 e. The van der Waals surface area contributed by atoms with Gasteiger partial charge in [0.25, 0.3) is 11.2 Å². The Hall–Kier alpha value is -3.16. The third kappa shape index (κ3) is 4.39. The number of benzene rings is 1. The summed E-state index contributed by atoms with van der Waals surface area (Å²) in [5.41, 5.74) is -0.326. The van der Waals surface area contributed by atoms with E-state index < -0.39 is 16.5 Å². The molecule has 1 aromatic heterocycles. The number of nitrogens with zero attached hydrogens (tertiary/aromatic N) is 2. The number of carbonyl (C=O) groups excluding carboxylic acids is 1. The predicted octanol–water partition coefficient (Wildman–Crippen LogP) is 4.33. The van der Waals surface area contributed by atoms with Crippen LogP contribution in [0.25, 0.3) is 10.9 Å². The molecule has 0 saturated heterocycles. The molecule has 28 heavy (non-hydrogen) atoms. The van der Waals surface area contributed by atoms with Crippen molar-refractivity contribution in [3.05, 3.63) is 50.5 Å². The fourth-order valence-electron chi connectivity index (χ4n) is 2.84. The molecular weight excluding hydrogens is 364 g/mol. The lowest BCUT2D eigenvalue weighted by Gasteiger charge is -2.18. The molecule has 0 aliphatic carbocycles. The van der Waals surface area contributed by atoms with Crippen LogP contribution in [-0.2, 0) is 11.3 Å². The van der Waals surface area contributed by atoms with Crippen LogP contribution in [0, 0.1) is 10.1 Å². The number of hydrogen-bond donors (Lipinski definition) is 0. The maximum Gasteiger partial charge on any atom is 0.308 e. The second kappa shape index (κ2) is 9.16. The molecule has 0 amide bonds. The third-order valence-electron chi connectivity index (χ3n) is 4.26. The molecule has 0 aliphatic heterocycles. The fourth-order valence-corrected chi connectivity index (χ4v) is 2.84. The second-order valence-corrected chi connectivity index (χ2v) is 6.23. The first-order valence-electron chi connectivity index (χ1n) is 9.20. The van der Waals surface area contributed by atoms with E-state index in [0.717, 1.165) is 6.42 Å². The minimum atomic E-state index is -0.649. The molecule has 0 saturated carbocycles. The molecule has 0 bridgehead atoms. The molecule has 1 aromatic carbocycles. The Morgan fingerprint density at radius 3 is 2.50 bits per heavy atom. The van der Waals surface area contributed by atoms with E-state index in [1.807, 2.05) is 13.8 Å². The molecule has 0 unspecified atom stereocenters. The van der Waals surface area contributed by atoms with Crippen molar-refractivity contribution in [3.63, 3.8) is 0 Å². The van der Waals surface area contributed by atoms with Crippen molar-refractivity contribution in [3.8, 4) is 11.5 Å². The topological polar surface area (TPSA) is 101 Å². The number of non-ortho nitro benzene ring substituents is 1. The van der Waals surface area contributed by atoms with Crippen molar-refractivity contribution in [1.29, 1.82) is 0 Å². The quantitative estimate of drug-likeness (QED) is 0.289. The summed E-state index contributed by atoms with van der Waals surface area (Å²) in [6, 6.07) is 4.20. The normalized spacial score (nSPS) is 11.5. The maximum absolute atomic E-state index is 13.1. The summed E-state index contributed by atoms with van der Waals surface area (Å²) in [7, 11) is 0. The summed E-state index contributed by atoms with van der Waals surface area (Å²) in [6.45, 7) is 7.19. The van der Waals surface area contributed by atoms with E-state index in [-0.39, 0.29) is 17.2 Å². The van der Waals surface area contributed by atoms with Crippen molar-refractivity contribution in [2.75, 3.05) is 0 Å². The number of unbranched alkanes of at least 4 members (excludes halogenated alkanes) is 1. The van der Waals surface area contributed by atoms with Gasteiger partial charge in [-0.1, -0.05) is 20.3 Å². The van der Waals surface area contributed by atoms with Crippen LogP contribution in [-0.4, -0.2) is 15.5 Å². The lowest BCUT2D eigenvalue weighted by molar-refractivity contribution is -0.384. The van der Waals surface area contributed by atoms with Gasteiger partial charge in [0.2, 0.25) is 5.75 Å². The number of carbonyl (C=O) groups is 1. The molecule has 1 heterocycles. The van der Waals surface area contributed by atoms with Crippen molar-refractivity contribution < 1.29 is 19.2 Å². The van der Waals surface area contributed by atoms with Gasteiger partial charge in [0.15, 0.2) is 5.75 Å². The molecule has 2 rings (SSSR count). The predicted molar refractivity (Wildman–Crippen MR) is 106 cm³/mol. The Morgan fingerprint density at radius 1 is 1.25 bits per heavy atom. The van der Waals surface area contributed by atoms with Gasteiger partial charge in [-0.25, -0.2) is 0 Å². The van der Waals surface area contributed by atoms with E-state index >= 15 is 0 Å². The minimum absolute atomic E-state index is 0.0906.